The molecule has 1 nitrogen and oxygen atoms in total. The second kappa shape index (κ2) is 9.19. The molecule has 0 bridgehead atoms. The molecule has 3 heteroatoms. The maximum atomic E-state index is 6.00. The summed E-state index contributed by atoms with van der Waals surface area (Å²) < 4.78 is 0. The number of hydrogen-bond donors (Lipinski definition) is 0. The molecule has 1 atom stereocenters. The van der Waals surface area contributed by atoms with Crippen LogP contribution in [0.25, 0.3) is 0 Å². The van der Waals surface area contributed by atoms with Crippen LogP contribution >= 0.6 is 23.2 Å². The minimum Gasteiger partial charge on any atom is -0.294 e. The van der Waals surface area contributed by atoms with E-state index in [0.717, 1.165) is 19.5 Å². The van der Waals surface area contributed by atoms with Crippen molar-refractivity contribution >= 4 is 23.2 Å². The molecule has 0 spiro atoms. The molecule has 0 saturated carbocycles. The maximum absolute atomic E-state index is 6.00. The van der Waals surface area contributed by atoms with Crippen LogP contribution in [0.1, 0.15) is 22.7 Å². The molecule has 22 heavy (non-hydrogen) atoms. The molecule has 0 aromatic heterocycles. The third-order valence-electron chi connectivity index (χ3n) is 3.92. The van der Waals surface area contributed by atoms with Gasteiger partial charge in [-0.15, -0.1) is 23.2 Å². The van der Waals surface area contributed by atoms with E-state index in [4.69, 9.17) is 23.2 Å². The Morgan fingerprint density at radius 2 is 1.45 bits per heavy atom. The van der Waals surface area contributed by atoms with Gasteiger partial charge in [0.2, 0.25) is 0 Å². The quantitative estimate of drug-likeness (QED) is 0.609. The number of aryl methyl sites for hydroxylation is 1. The Morgan fingerprint density at radius 1 is 0.864 bits per heavy atom. The third-order valence-corrected chi connectivity index (χ3v) is 4.26. The number of nitrogens with zero attached hydrogens (tertiary/aromatic N) is 1. The Bertz CT molecular complexity index is 533. The van der Waals surface area contributed by atoms with Crippen LogP contribution in [0.5, 0.6) is 0 Å². The van der Waals surface area contributed by atoms with Gasteiger partial charge in [0, 0.05) is 30.9 Å². The van der Waals surface area contributed by atoms with Crippen molar-refractivity contribution in [3.05, 3.63) is 71.3 Å². The van der Waals surface area contributed by atoms with E-state index in [-0.39, 0.29) is 0 Å². The van der Waals surface area contributed by atoms with Crippen molar-refractivity contribution < 1.29 is 0 Å². The predicted molar refractivity (Wildman–Crippen MR) is 97.1 cm³/mol. The van der Waals surface area contributed by atoms with Crippen LogP contribution in [0.4, 0.5) is 0 Å². The summed E-state index contributed by atoms with van der Waals surface area (Å²) in [6.45, 7) is 3.81. The fraction of sp³-hybridized carbons (Fsp3) is 0.368. The van der Waals surface area contributed by atoms with Crippen molar-refractivity contribution in [1.82, 2.24) is 4.90 Å². The van der Waals surface area contributed by atoms with Crippen LogP contribution in [0, 0.1) is 6.92 Å². The van der Waals surface area contributed by atoms with Gasteiger partial charge >= 0.3 is 0 Å². The lowest BCUT2D eigenvalue weighted by Gasteiger charge is -2.31. The van der Waals surface area contributed by atoms with Crippen molar-refractivity contribution in [3.8, 4) is 0 Å². The van der Waals surface area contributed by atoms with E-state index in [1.54, 1.807) is 0 Å². The molecule has 118 valence electrons. The standard InChI is InChI=1S/C19H23Cl2N/c1-16-7-9-17(10-8-16)15-19(18-5-3-2-4-6-18)22(13-11-20)14-12-21/h2-10,19H,11-15H2,1H3. The molecule has 2 rings (SSSR count). The number of hydrogen-bond acceptors (Lipinski definition) is 1. The van der Waals surface area contributed by atoms with Crippen LogP contribution in [0.3, 0.4) is 0 Å². The number of alkyl halides is 2. The molecule has 0 amide bonds. The Morgan fingerprint density at radius 3 is 2.00 bits per heavy atom. The van der Waals surface area contributed by atoms with Gasteiger partial charge in [0.05, 0.1) is 0 Å². The third kappa shape index (κ3) is 5.01. The maximum Gasteiger partial charge on any atom is 0.0389 e. The summed E-state index contributed by atoms with van der Waals surface area (Å²) in [5.74, 6) is 1.24. The Hall–Kier alpha value is -1.02. The fourth-order valence-corrected chi connectivity index (χ4v) is 3.16. The first kappa shape index (κ1) is 17.3. The summed E-state index contributed by atoms with van der Waals surface area (Å²) in [5, 5.41) is 0. The molecule has 0 heterocycles. The van der Waals surface area contributed by atoms with Crippen LogP contribution < -0.4 is 0 Å². The first-order valence-electron chi connectivity index (χ1n) is 7.71. The second-order valence-corrected chi connectivity index (χ2v) is 6.29. The van der Waals surface area contributed by atoms with Crippen molar-refractivity contribution in [3.63, 3.8) is 0 Å². The predicted octanol–water partition coefficient (Wildman–Crippen LogP) is 5.06. The zero-order valence-electron chi connectivity index (χ0n) is 13.0. The zero-order valence-corrected chi connectivity index (χ0v) is 14.5. The average Bonchev–Trinajstić information content (AvgIpc) is 2.55. The minimum atomic E-state index is 0.307. The first-order valence-corrected chi connectivity index (χ1v) is 8.78. The van der Waals surface area contributed by atoms with Crippen molar-refractivity contribution in [2.45, 2.75) is 19.4 Å². The van der Waals surface area contributed by atoms with Gasteiger partial charge in [0.1, 0.15) is 0 Å². The number of benzene rings is 2. The number of rotatable bonds is 8. The first-order chi connectivity index (χ1) is 10.7. The Balaban J connectivity index is 2.25. The summed E-state index contributed by atoms with van der Waals surface area (Å²) in [4.78, 5) is 2.38. The van der Waals surface area contributed by atoms with E-state index in [9.17, 15) is 0 Å². The SMILES string of the molecule is Cc1ccc(CC(c2ccccc2)N(CCCl)CCCl)cc1. The number of halogens is 2. The van der Waals surface area contributed by atoms with E-state index in [1.165, 1.54) is 16.7 Å². The molecule has 0 aliphatic carbocycles. The summed E-state index contributed by atoms with van der Waals surface area (Å²) in [6, 6.07) is 19.7. The van der Waals surface area contributed by atoms with Gasteiger partial charge in [0.15, 0.2) is 0 Å². The molecule has 0 aliphatic rings. The normalized spacial score (nSPS) is 12.5. The summed E-state index contributed by atoms with van der Waals surface area (Å²) in [6.07, 6.45) is 0.970. The van der Waals surface area contributed by atoms with Crippen molar-refractivity contribution in [1.29, 1.82) is 0 Å². The molecule has 1 unspecified atom stereocenters. The van der Waals surface area contributed by atoms with E-state index in [0.29, 0.717) is 17.8 Å². The molecule has 2 aromatic carbocycles. The monoisotopic (exact) mass is 335 g/mol. The lowest BCUT2D eigenvalue weighted by molar-refractivity contribution is 0.220. The van der Waals surface area contributed by atoms with Crippen molar-refractivity contribution in [2.24, 2.45) is 0 Å². The lowest BCUT2D eigenvalue weighted by Crippen LogP contribution is -2.33. The smallest absolute Gasteiger partial charge is 0.0389 e. The van der Waals surface area contributed by atoms with E-state index < -0.39 is 0 Å². The van der Waals surface area contributed by atoms with Gasteiger partial charge in [-0.1, -0.05) is 60.2 Å². The van der Waals surface area contributed by atoms with Crippen molar-refractivity contribution in [2.75, 3.05) is 24.8 Å². The second-order valence-electron chi connectivity index (χ2n) is 5.53. The van der Waals surface area contributed by atoms with E-state index in [2.05, 4.69) is 66.4 Å². The van der Waals surface area contributed by atoms with Gasteiger partial charge in [-0.25, -0.2) is 0 Å². The van der Waals surface area contributed by atoms with Crippen LogP contribution in [0.15, 0.2) is 54.6 Å². The average molecular weight is 336 g/mol. The summed E-state index contributed by atoms with van der Waals surface area (Å²) in [7, 11) is 0. The Kier molecular flexibility index (Phi) is 7.24. The fourth-order valence-electron chi connectivity index (χ4n) is 2.72. The van der Waals surface area contributed by atoms with E-state index >= 15 is 0 Å². The largest absolute Gasteiger partial charge is 0.294 e. The molecule has 0 fully saturated rings. The summed E-state index contributed by atoms with van der Waals surface area (Å²) in [5.41, 5.74) is 3.95. The Labute approximate surface area is 143 Å². The highest BCUT2D eigenvalue weighted by atomic mass is 35.5. The highest BCUT2D eigenvalue weighted by molar-refractivity contribution is 6.18. The molecule has 0 N–H and O–H groups in total. The minimum absolute atomic E-state index is 0.307. The molecule has 2 aromatic rings. The molecule has 0 radical (unpaired) electrons. The summed E-state index contributed by atoms with van der Waals surface area (Å²) >= 11 is 12.0. The van der Waals surface area contributed by atoms with Crippen LogP contribution in [0.2, 0.25) is 0 Å². The van der Waals surface area contributed by atoms with Gasteiger partial charge in [-0.05, 0) is 24.5 Å². The van der Waals surface area contributed by atoms with Crippen LogP contribution in [-0.2, 0) is 6.42 Å². The molecule has 0 aliphatic heterocycles. The highest BCUT2D eigenvalue weighted by Crippen LogP contribution is 2.25. The van der Waals surface area contributed by atoms with Gasteiger partial charge in [0.25, 0.3) is 0 Å². The lowest BCUT2D eigenvalue weighted by atomic mass is 9.97. The zero-order chi connectivity index (χ0) is 15.8. The van der Waals surface area contributed by atoms with Gasteiger partial charge in [-0.3, -0.25) is 4.90 Å². The molecule has 0 saturated heterocycles. The van der Waals surface area contributed by atoms with Gasteiger partial charge in [-0.2, -0.15) is 0 Å². The van der Waals surface area contributed by atoms with E-state index in [1.807, 2.05) is 0 Å². The topological polar surface area (TPSA) is 3.24 Å². The van der Waals surface area contributed by atoms with Gasteiger partial charge < -0.3 is 0 Å². The highest BCUT2D eigenvalue weighted by Gasteiger charge is 2.20. The molecular weight excluding hydrogens is 313 g/mol. The molecular formula is C19H23Cl2N. The van der Waals surface area contributed by atoms with Crippen LogP contribution in [-0.4, -0.2) is 29.7 Å².